The lowest BCUT2D eigenvalue weighted by Crippen LogP contribution is -2.08. The maximum atomic E-state index is 14.9. The van der Waals surface area contributed by atoms with E-state index in [1.54, 1.807) is 48.5 Å². The molecule has 0 aliphatic rings. The van der Waals surface area contributed by atoms with Crippen LogP contribution in [0.15, 0.2) is 119 Å². The summed E-state index contributed by atoms with van der Waals surface area (Å²) in [6.45, 7) is 0. The molecule has 6 rings (SSSR count). The van der Waals surface area contributed by atoms with Crippen LogP contribution >= 0.6 is 0 Å². The van der Waals surface area contributed by atoms with Gasteiger partial charge in [0.1, 0.15) is 23.0 Å². The van der Waals surface area contributed by atoms with Gasteiger partial charge in [0.15, 0.2) is 0 Å². The number of fused-ring (bicyclic) bond motifs is 2. The highest BCUT2D eigenvalue weighted by molar-refractivity contribution is 7.92. The summed E-state index contributed by atoms with van der Waals surface area (Å²) in [5.41, 5.74) is 1.01. The van der Waals surface area contributed by atoms with Gasteiger partial charge in [0, 0.05) is 45.2 Å². The highest BCUT2D eigenvalue weighted by Gasteiger charge is 2.31. The fourth-order valence-corrected chi connectivity index (χ4v) is 7.18. The van der Waals surface area contributed by atoms with Gasteiger partial charge in [-0.1, -0.05) is 72.8 Å². The number of hydrogen-bond donors (Lipinski definition) is 4. The van der Waals surface area contributed by atoms with Gasteiger partial charge in [0.05, 0.1) is 9.79 Å². The molecule has 0 spiro atoms. The van der Waals surface area contributed by atoms with Gasteiger partial charge in [0.2, 0.25) is 9.84 Å². The molecule has 0 bridgehead atoms. The summed E-state index contributed by atoms with van der Waals surface area (Å²) in [4.78, 5) is -0.0325. The molecule has 0 fully saturated rings. The van der Waals surface area contributed by atoms with Crippen LogP contribution in [0.5, 0.6) is 23.0 Å². The molecule has 6 aromatic carbocycles. The number of rotatable bonds is 4. The molecule has 4 N–H and O–H groups in total. The molecule has 6 nitrogen and oxygen atoms in total. The van der Waals surface area contributed by atoms with E-state index in [0.29, 0.717) is 21.5 Å². The van der Waals surface area contributed by atoms with Crippen LogP contribution in [0.3, 0.4) is 0 Å². The van der Waals surface area contributed by atoms with E-state index < -0.39 is 9.84 Å². The highest BCUT2D eigenvalue weighted by Crippen LogP contribution is 2.46. The van der Waals surface area contributed by atoms with E-state index in [9.17, 15) is 28.8 Å². The van der Waals surface area contributed by atoms with Gasteiger partial charge in [0.25, 0.3) is 0 Å². The van der Waals surface area contributed by atoms with E-state index in [2.05, 4.69) is 0 Å². The van der Waals surface area contributed by atoms with Crippen LogP contribution in [0.1, 0.15) is 0 Å². The summed E-state index contributed by atoms with van der Waals surface area (Å²) in [6, 6.07) is 29.1. The van der Waals surface area contributed by atoms with E-state index in [-0.39, 0.29) is 55.0 Å². The Labute approximate surface area is 224 Å². The molecule has 0 aliphatic heterocycles. The first kappa shape index (κ1) is 24.3. The minimum Gasteiger partial charge on any atom is -0.508 e. The zero-order valence-corrected chi connectivity index (χ0v) is 21.2. The van der Waals surface area contributed by atoms with E-state index in [1.807, 2.05) is 24.3 Å². The Morgan fingerprint density at radius 2 is 0.821 bits per heavy atom. The summed E-state index contributed by atoms with van der Waals surface area (Å²) in [5.74, 6) is -0.840. The molecule has 192 valence electrons. The number of aromatic hydroxyl groups is 4. The third-order valence-electron chi connectivity index (χ3n) is 6.84. The molecule has 0 saturated heterocycles. The van der Waals surface area contributed by atoms with Crippen LogP contribution in [0.4, 0.5) is 0 Å². The average Bonchev–Trinajstić information content (AvgIpc) is 2.92. The Bertz CT molecular complexity index is 1890. The Balaban J connectivity index is 1.77. The van der Waals surface area contributed by atoms with E-state index >= 15 is 0 Å². The summed E-state index contributed by atoms with van der Waals surface area (Å²) in [6.07, 6.45) is 0. The normalized spacial score (nSPS) is 11.7. The quantitative estimate of drug-likeness (QED) is 0.194. The molecule has 0 aromatic heterocycles. The summed E-state index contributed by atoms with van der Waals surface area (Å²) >= 11 is 0. The fourth-order valence-electron chi connectivity index (χ4n) is 5.09. The van der Waals surface area contributed by atoms with E-state index in [1.165, 1.54) is 36.4 Å². The van der Waals surface area contributed by atoms with Crippen molar-refractivity contribution in [3.63, 3.8) is 0 Å². The number of phenolic OH excluding ortho intramolecular Hbond substituents is 4. The maximum Gasteiger partial charge on any atom is 0.209 e. The summed E-state index contributed by atoms with van der Waals surface area (Å²) < 4.78 is 29.9. The second-order valence-corrected chi connectivity index (χ2v) is 11.1. The Morgan fingerprint density at radius 3 is 1.23 bits per heavy atom. The standard InChI is InChI=1S/C32H22O6S/c33-21-11-15-25(29(35)17-21)27-13-9-19-5-1-3-7-23(19)31(27)39(37,38)32-24-8-4-2-6-20(24)10-14-28(32)26-16-12-22(34)18-30(26)36/h1-18,33-36H. The van der Waals surface area contributed by atoms with Crippen molar-refractivity contribution in [1.29, 1.82) is 0 Å². The SMILES string of the molecule is O=S(=O)(c1c(-c2ccc(O)cc2O)ccc2ccccc12)c1c(-c2ccc(O)cc2O)ccc2ccccc12. The number of phenols is 4. The third kappa shape index (κ3) is 4.00. The van der Waals surface area contributed by atoms with Crippen molar-refractivity contribution in [2.45, 2.75) is 9.79 Å². The maximum absolute atomic E-state index is 14.9. The molecule has 0 atom stereocenters. The molecule has 0 radical (unpaired) electrons. The van der Waals surface area contributed by atoms with Crippen LogP contribution in [0, 0.1) is 0 Å². The zero-order valence-electron chi connectivity index (χ0n) is 20.4. The first-order valence-corrected chi connectivity index (χ1v) is 13.6. The largest absolute Gasteiger partial charge is 0.508 e. The number of hydrogen-bond acceptors (Lipinski definition) is 6. The summed E-state index contributed by atoms with van der Waals surface area (Å²) in [5, 5.41) is 43.5. The van der Waals surface area contributed by atoms with Crippen LogP contribution in [0.2, 0.25) is 0 Å². The molecule has 0 saturated carbocycles. The minimum absolute atomic E-state index is 0.0162. The highest BCUT2D eigenvalue weighted by atomic mass is 32.2. The van der Waals surface area contributed by atoms with Gasteiger partial charge in [-0.15, -0.1) is 0 Å². The van der Waals surface area contributed by atoms with Crippen LogP contribution in [0.25, 0.3) is 43.8 Å². The Hall–Kier alpha value is -5.01. The second-order valence-electron chi connectivity index (χ2n) is 9.23. The zero-order chi connectivity index (χ0) is 27.3. The average molecular weight is 535 g/mol. The van der Waals surface area contributed by atoms with E-state index in [4.69, 9.17) is 0 Å². The Kier molecular flexibility index (Phi) is 5.66. The lowest BCUT2D eigenvalue weighted by atomic mass is 9.99. The minimum atomic E-state index is -4.35. The lowest BCUT2D eigenvalue weighted by Gasteiger charge is -2.19. The monoisotopic (exact) mass is 534 g/mol. The van der Waals surface area contributed by atoms with Crippen LogP contribution in [-0.4, -0.2) is 28.8 Å². The van der Waals surface area contributed by atoms with Crippen molar-refractivity contribution < 1.29 is 28.8 Å². The van der Waals surface area contributed by atoms with Gasteiger partial charge < -0.3 is 20.4 Å². The molecule has 0 heterocycles. The molecule has 0 unspecified atom stereocenters. The van der Waals surface area contributed by atoms with Crippen molar-refractivity contribution in [3.8, 4) is 45.3 Å². The van der Waals surface area contributed by atoms with Crippen molar-refractivity contribution in [2.24, 2.45) is 0 Å². The molecule has 0 amide bonds. The van der Waals surface area contributed by atoms with Crippen molar-refractivity contribution >= 4 is 31.4 Å². The number of sulfone groups is 1. The van der Waals surface area contributed by atoms with E-state index in [0.717, 1.165) is 0 Å². The van der Waals surface area contributed by atoms with Crippen molar-refractivity contribution in [3.05, 3.63) is 109 Å². The predicted molar refractivity (Wildman–Crippen MR) is 151 cm³/mol. The number of benzene rings is 6. The van der Waals surface area contributed by atoms with Crippen molar-refractivity contribution in [1.82, 2.24) is 0 Å². The summed E-state index contributed by atoms with van der Waals surface area (Å²) in [7, 11) is -4.35. The van der Waals surface area contributed by atoms with Gasteiger partial charge in [-0.2, -0.15) is 0 Å². The molecular weight excluding hydrogens is 512 g/mol. The van der Waals surface area contributed by atoms with Gasteiger partial charge >= 0.3 is 0 Å². The fraction of sp³-hybridized carbons (Fsp3) is 0. The molecule has 6 aromatic rings. The first-order valence-electron chi connectivity index (χ1n) is 12.1. The van der Waals surface area contributed by atoms with Crippen LogP contribution < -0.4 is 0 Å². The van der Waals surface area contributed by atoms with Gasteiger partial charge in [-0.05, 0) is 35.0 Å². The van der Waals surface area contributed by atoms with Gasteiger partial charge in [-0.25, -0.2) is 8.42 Å². The molecule has 39 heavy (non-hydrogen) atoms. The lowest BCUT2D eigenvalue weighted by molar-refractivity contribution is 0.450. The van der Waals surface area contributed by atoms with Gasteiger partial charge in [-0.3, -0.25) is 0 Å². The van der Waals surface area contributed by atoms with Crippen molar-refractivity contribution in [2.75, 3.05) is 0 Å². The second kappa shape index (κ2) is 9.08. The predicted octanol–water partition coefficient (Wildman–Crippen LogP) is 6.98. The molecule has 7 heteroatoms. The Morgan fingerprint density at radius 1 is 0.436 bits per heavy atom. The molecule has 0 aliphatic carbocycles. The smallest absolute Gasteiger partial charge is 0.209 e. The third-order valence-corrected chi connectivity index (χ3v) is 8.79. The topological polar surface area (TPSA) is 115 Å². The molecular formula is C32H22O6S. The first-order chi connectivity index (χ1) is 18.8. The van der Waals surface area contributed by atoms with Crippen LogP contribution in [-0.2, 0) is 9.84 Å².